The van der Waals surface area contributed by atoms with Crippen LogP contribution in [0.5, 0.6) is 0 Å². The maximum Gasteiger partial charge on any atom is 0.242 e. The predicted molar refractivity (Wildman–Crippen MR) is 206 cm³/mol. The van der Waals surface area contributed by atoms with Gasteiger partial charge in [0, 0.05) is 59.7 Å². The van der Waals surface area contributed by atoms with Gasteiger partial charge in [0.2, 0.25) is 29.5 Å². The smallest absolute Gasteiger partial charge is 0.242 e. The van der Waals surface area contributed by atoms with E-state index in [-0.39, 0.29) is 88.7 Å². The fraction of sp³-hybridized carbons (Fsp3) is 0.857. The molecule has 0 aromatic heterocycles. The van der Waals surface area contributed by atoms with Crippen LogP contribution in [0.1, 0.15) is 65.2 Å². The Morgan fingerprint density at radius 3 is 1.53 bits per heavy atom. The minimum atomic E-state index is -3.19. The summed E-state index contributed by atoms with van der Waals surface area (Å²) in [5.74, 6) is -2.64. The summed E-state index contributed by atoms with van der Waals surface area (Å²) in [6.45, 7) is 3.95. The molecule has 320 valence electrons. The van der Waals surface area contributed by atoms with Crippen LogP contribution in [-0.2, 0) is 68.7 Å². The lowest BCUT2D eigenvalue weighted by molar-refractivity contribution is -0.189. The van der Waals surface area contributed by atoms with Gasteiger partial charge in [-0.15, -0.1) is 0 Å². The van der Waals surface area contributed by atoms with Gasteiger partial charge >= 0.3 is 0 Å². The van der Waals surface area contributed by atoms with Crippen LogP contribution in [-0.4, -0.2) is 154 Å². The van der Waals surface area contributed by atoms with Crippen molar-refractivity contribution in [2.45, 2.75) is 89.1 Å². The SMILES string of the molecule is COCCOCCNC(=O)CCC(NC(=O)CCC(NC(=O)C1CCC(OP([O-])(=S)C(C)C)CC1)C(=O)NCCOCCOC)C(=O)NCCOCCOC. The van der Waals surface area contributed by atoms with Gasteiger partial charge in [-0.3, -0.25) is 24.0 Å². The Morgan fingerprint density at radius 2 is 1.07 bits per heavy atom. The average Bonchev–Trinajstić information content (AvgIpc) is 3.15. The van der Waals surface area contributed by atoms with E-state index >= 15 is 0 Å². The Balaban J connectivity index is 2.87. The molecule has 0 radical (unpaired) electrons. The van der Waals surface area contributed by atoms with E-state index in [1.807, 2.05) is 0 Å². The molecule has 1 aliphatic rings. The van der Waals surface area contributed by atoms with Gasteiger partial charge < -0.3 is 64.4 Å². The molecule has 5 N–H and O–H groups in total. The van der Waals surface area contributed by atoms with Crippen LogP contribution in [0.2, 0.25) is 0 Å². The van der Waals surface area contributed by atoms with Crippen molar-refractivity contribution in [3.63, 3.8) is 0 Å². The molecule has 18 nitrogen and oxygen atoms in total. The molecule has 0 spiro atoms. The third kappa shape index (κ3) is 24.1. The lowest BCUT2D eigenvalue weighted by Gasteiger charge is -2.38. The third-order valence-electron chi connectivity index (χ3n) is 8.53. The molecular formula is C35H65N5O13PS-. The largest absolute Gasteiger partial charge is 0.800 e. The summed E-state index contributed by atoms with van der Waals surface area (Å²) >= 11 is 5.17. The molecule has 0 heterocycles. The zero-order chi connectivity index (χ0) is 40.9. The number of methoxy groups -OCH3 is 3. The molecule has 3 unspecified atom stereocenters. The van der Waals surface area contributed by atoms with Crippen molar-refractivity contribution in [2.24, 2.45) is 5.92 Å². The van der Waals surface area contributed by atoms with E-state index in [1.165, 1.54) is 0 Å². The number of ether oxygens (including phenoxy) is 6. The number of hydrogen-bond donors (Lipinski definition) is 5. The van der Waals surface area contributed by atoms with Gasteiger partial charge in [-0.2, -0.15) is 0 Å². The molecule has 55 heavy (non-hydrogen) atoms. The Labute approximate surface area is 331 Å². The monoisotopic (exact) mass is 826 g/mol. The Bertz CT molecular complexity index is 1160. The Hall–Kier alpha value is -2.32. The standard InChI is InChI=1S/C35H66N5O13PS/c1-26(2)54(46,55)53-28-8-6-27(7-9-28)33(43)40-30(35(45)38-16-19-52-25-22-49-5)11-13-32(42)39-29(34(44)37-15-18-51-24-21-48-4)10-12-31(41)36-14-17-50-23-20-47-3/h26-30H,6-25H2,1-5H3,(H,36,41)(H,37,44)(H,38,45)(H,39,42)(H,40,43)(H,46,55)/p-1. The van der Waals surface area contributed by atoms with E-state index in [0.29, 0.717) is 65.3 Å². The molecule has 1 fully saturated rings. The van der Waals surface area contributed by atoms with Crippen molar-refractivity contribution in [1.82, 2.24) is 26.6 Å². The minimum Gasteiger partial charge on any atom is -0.800 e. The van der Waals surface area contributed by atoms with Gasteiger partial charge in [-0.05, 0) is 50.7 Å². The number of amides is 5. The van der Waals surface area contributed by atoms with E-state index < -0.39 is 42.2 Å². The summed E-state index contributed by atoms with van der Waals surface area (Å²) < 4.78 is 36.7. The normalized spacial score (nSPS) is 17.8. The topological polar surface area (TPSA) is 233 Å². The van der Waals surface area contributed by atoms with Crippen molar-refractivity contribution in [2.75, 3.05) is 100 Å². The molecule has 0 bridgehead atoms. The first-order valence-corrected chi connectivity index (χ1v) is 21.7. The first-order valence-electron chi connectivity index (χ1n) is 19.0. The molecule has 0 aromatic rings. The number of nitrogens with one attached hydrogen (secondary N) is 5. The van der Waals surface area contributed by atoms with Crippen LogP contribution in [0.15, 0.2) is 0 Å². The van der Waals surface area contributed by atoms with Crippen molar-refractivity contribution >= 4 is 47.8 Å². The van der Waals surface area contributed by atoms with Crippen molar-refractivity contribution in [3.8, 4) is 0 Å². The van der Waals surface area contributed by atoms with Crippen LogP contribution in [0.25, 0.3) is 0 Å². The maximum absolute atomic E-state index is 13.4. The predicted octanol–water partition coefficient (Wildman–Crippen LogP) is -0.492. The maximum atomic E-state index is 13.4. The Morgan fingerprint density at radius 1 is 0.636 bits per heavy atom. The second kappa shape index (κ2) is 30.8. The van der Waals surface area contributed by atoms with E-state index in [2.05, 4.69) is 26.6 Å². The number of carbonyl (C=O) groups is 5. The van der Waals surface area contributed by atoms with E-state index in [4.69, 9.17) is 44.8 Å². The molecule has 1 aliphatic carbocycles. The molecule has 0 saturated heterocycles. The fourth-order valence-corrected chi connectivity index (χ4v) is 6.46. The molecule has 1 saturated carbocycles. The first-order chi connectivity index (χ1) is 26.3. The average molecular weight is 827 g/mol. The number of rotatable bonds is 32. The molecule has 1 rings (SSSR count). The van der Waals surface area contributed by atoms with Gasteiger partial charge in [0.05, 0.1) is 65.6 Å². The zero-order valence-electron chi connectivity index (χ0n) is 33.2. The Kier molecular flexibility index (Phi) is 28.4. The van der Waals surface area contributed by atoms with E-state index in [1.54, 1.807) is 35.2 Å². The van der Waals surface area contributed by atoms with Gasteiger partial charge in [0.25, 0.3) is 0 Å². The van der Waals surface area contributed by atoms with Crippen LogP contribution in [0, 0.1) is 5.92 Å². The molecule has 3 atom stereocenters. The fourth-order valence-electron chi connectivity index (χ4n) is 5.23. The van der Waals surface area contributed by atoms with E-state index in [0.717, 1.165) is 0 Å². The molecule has 0 aromatic carbocycles. The minimum absolute atomic E-state index is 0.00662. The van der Waals surface area contributed by atoms with Gasteiger partial charge in [0.15, 0.2) is 0 Å². The van der Waals surface area contributed by atoms with Crippen LogP contribution in [0.4, 0.5) is 0 Å². The van der Waals surface area contributed by atoms with Gasteiger partial charge in [-0.25, -0.2) is 0 Å². The lowest BCUT2D eigenvalue weighted by Crippen LogP contribution is -2.51. The second-order valence-corrected chi connectivity index (χ2v) is 17.1. The van der Waals surface area contributed by atoms with Gasteiger partial charge in [-0.1, -0.05) is 25.7 Å². The van der Waals surface area contributed by atoms with E-state index in [9.17, 15) is 28.9 Å². The van der Waals surface area contributed by atoms with Crippen LogP contribution < -0.4 is 31.5 Å². The number of hydrogen-bond acceptors (Lipinski definition) is 14. The van der Waals surface area contributed by atoms with Crippen molar-refractivity contribution < 1.29 is 61.8 Å². The van der Waals surface area contributed by atoms with Gasteiger partial charge in [0.1, 0.15) is 12.1 Å². The number of carbonyl (C=O) groups excluding carboxylic acids is 5. The highest BCUT2D eigenvalue weighted by Crippen LogP contribution is 2.46. The third-order valence-corrected chi connectivity index (χ3v) is 11.9. The van der Waals surface area contributed by atoms with Crippen molar-refractivity contribution in [1.29, 1.82) is 0 Å². The molecular weight excluding hydrogens is 761 g/mol. The summed E-state index contributed by atoms with van der Waals surface area (Å²) in [6.07, 6.45) is 1.26. The summed E-state index contributed by atoms with van der Waals surface area (Å²) in [5, 5.41) is 13.7. The molecule has 0 aliphatic heterocycles. The van der Waals surface area contributed by atoms with Crippen LogP contribution >= 0.6 is 6.49 Å². The summed E-state index contributed by atoms with van der Waals surface area (Å²) in [7, 11) is 4.66. The lowest BCUT2D eigenvalue weighted by atomic mass is 9.86. The van der Waals surface area contributed by atoms with Crippen LogP contribution in [0.3, 0.4) is 0 Å². The summed E-state index contributed by atoms with van der Waals surface area (Å²) in [6, 6.07) is -2.12. The first kappa shape index (κ1) is 50.7. The summed E-state index contributed by atoms with van der Waals surface area (Å²) in [5.41, 5.74) is -0.289. The van der Waals surface area contributed by atoms with Crippen molar-refractivity contribution in [3.05, 3.63) is 0 Å². The molecule has 5 amide bonds. The quantitative estimate of drug-likeness (QED) is 0.0426. The second-order valence-electron chi connectivity index (χ2n) is 13.2. The highest BCUT2D eigenvalue weighted by atomic mass is 32.5. The zero-order valence-corrected chi connectivity index (χ0v) is 34.9. The molecule has 20 heteroatoms. The highest BCUT2D eigenvalue weighted by molar-refractivity contribution is 8.09. The summed E-state index contributed by atoms with van der Waals surface area (Å²) in [4.78, 5) is 78.1. The highest BCUT2D eigenvalue weighted by Gasteiger charge is 2.31.